The zero-order valence-corrected chi connectivity index (χ0v) is 8.85. The number of nitrogens with zero attached hydrogens (tertiary/aromatic N) is 2. The van der Waals surface area contributed by atoms with E-state index in [0.29, 0.717) is 30.3 Å². The third-order valence-electron chi connectivity index (χ3n) is 2.44. The predicted molar refractivity (Wildman–Crippen MR) is 57.8 cm³/mol. The molecule has 16 heavy (non-hydrogen) atoms. The molecule has 0 saturated carbocycles. The third-order valence-corrected chi connectivity index (χ3v) is 2.44. The lowest BCUT2D eigenvalue weighted by atomic mass is 10.1. The molecule has 84 valence electrons. The fraction of sp³-hybridized carbons (Fsp3) is 0.455. The molecule has 0 aromatic carbocycles. The van der Waals surface area contributed by atoms with Gasteiger partial charge in [-0.1, -0.05) is 0 Å². The van der Waals surface area contributed by atoms with E-state index in [4.69, 9.17) is 20.5 Å². The Bertz CT molecular complexity index is 408. The molecule has 1 saturated heterocycles. The molecule has 1 fully saturated rings. The summed E-state index contributed by atoms with van der Waals surface area (Å²) in [5, 5.41) is 8.92. The van der Waals surface area contributed by atoms with Crippen molar-refractivity contribution in [1.82, 2.24) is 4.98 Å². The molecular weight excluding hydrogens is 206 g/mol. The summed E-state index contributed by atoms with van der Waals surface area (Å²) in [6.07, 6.45) is 3.24. The Balaban J connectivity index is 2.11. The molecule has 0 bridgehead atoms. The molecule has 2 rings (SSSR count). The zero-order chi connectivity index (χ0) is 11.4. The maximum absolute atomic E-state index is 8.92. The molecular formula is C11H13N3O2. The minimum Gasteiger partial charge on any atom is -0.473 e. The number of nitrogens with two attached hydrogens (primary N) is 1. The van der Waals surface area contributed by atoms with Crippen LogP contribution in [0.15, 0.2) is 12.3 Å². The first-order valence-corrected chi connectivity index (χ1v) is 5.19. The van der Waals surface area contributed by atoms with Gasteiger partial charge in [0.1, 0.15) is 17.7 Å². The molecule has 2 N–H and O–H groups in total. The first-order chi connectivity index (χ1) is 7.79. The second-order valence-electron chi connectivity index (χ2n) is 3.66. The minimum atomic E-state index is 0.0805. The molecule has 0 atom stereocenters. The van der Waals surface area contributed by atoms with E-state index >= 15 is 0 Å². The average Bonchev–Trinajstić information content (AvgIpc) is 2.33. The van der Waals surface area contributed by atoms with Crippen LogP contribution in [0.3, 0.4) is 0 Å². The van der Waals surface area contributed by atoms with E-state index in [2.05, 4.69) is 4.98 Å². The number of hydrogen-bond donors (Lipinski definition) is 1. The van der Waals surface area contributed by atoms with Crippen molar-refractivity contribution in [3.63, 3.8) is 0 Å². The normalized spacial score (nSPS) is 16.7. The van der Waals surface area contributed by atoms with Crippen molar-refractivity contribution in [2.24, 2.45) is 0 Å². The first kappa shape index (κ1) is 10.7. The second kappa shape index (κ2) is 4.81. The Morgan fingerprint density at radius 1 is 1.50 bits per heavy atom. The maximum Gasteiger partial charge on any atom is 0.232 e. The minimum absolute atomic E-state index is 0.0805. The largest absolute Gasteiger partial charge is 0.473 e. The molecule has 1 aliphatic heterocycles. The van der Waals surface area contributed by atoms with Gasteiger partial charge in [0.2, 0.25) is 5.88 Å². The van der Waals surface area contributed by atoms with Crippen molar-refractivity contribution in [3.8, 4) is 11.9 Å². The van der Waals surface area contributed by atoms with E-state index in [9.17, 15) is 0 Å². The number of ether oxygens (including phenoxy) is 2. The van der Waals surface area contributed by atoms with Gasteiger partial charge in [0, 0.05) is 12.8 Å². The standard InChI is InChI=1S/C11H13N3O2/c12-6-8-5-9(13)7-14-11(8)16-10-1-3-15-4-2-10/h5,7,10H,1-4,13H2. The van der Waals surface area contributed by atoms with E-state index in [1.165, 1.54) is 6.20 Å². The summed E-state index contributed by atoms with van der Waals surface area (Å²) in [6.45, 7) is 1.39. The van der Waals surface area contributed by atoms with Crippen LogP contribution in [0.4, 0.5) is 5.69 Å². The van der Waals surface area contributed by atoms with Crippen molar-refractivity contribution < 1.29 is 9.47 Å². The Morgan fingerprint density at radius 2 is 2.25 bits per heavy atom. The van der Waals surface area contributed by atoms with Crippen molar-refractivity contribution in [2.45, 2.75) is 18.9 Å². The van der Waals surface area contributed by atoms with Crippen LogP contribution in [0.25, 0.3) is 0 Å². The van der Waals surface area contributed by atoms with Gasteiger partial charge in [-0.05, 0) is 6.07 Å². The lowest BCUT2D eigenvalue weighted by Gasteiger charge is -2.23. The van der Waals surface area contributed by atoms with Crippen molar-refractivity contribution in [2.75, 3.05) is 18.9 Å². The monoisotopic (exact) mass is 219 g/mol. The molecule has 1 aromatic heterocycles. The highest BCUT2D eigenvalue weighted by Crippen LogP contribution is 2.21. The van der Waals surface area contributed by atoms with Crippen LogP contribution in [0.5, 0.6) is 5.88 Å². The molecule has 5 heteroatoms. The number of hydrogen-bond acceptors (Lipinski definition) is 5. The summed E-state index contributed by atoms with van der Waals surface area (Å²) in [5.41, 5.74) is 6.40. The van der Waals surface area contributed by atoms with Crippen LogP contribution >= 0.6 is 0 Å². The van der Waals surface area contributed by atoms with Crippen LogP contribution in [0.2, 0.25) is 0 Å². The Labute approximate surface area is 93.8 Å². The second-order valence-corrected chi connectivity index (χ2v) is 3.66. The Kier molecular flexibility index (Phi) is 3.22. The van der Waals surface area contributed by atoms with Gasteiger partial charge in [0.15, 0.2) is 0 Å². The smallest absolute Gasteiger partial charge is 0.232 e. The summed E-state index contributed by atoms with van der Waals surface area (Å²) >= 11 is 0. The summed E-state index contributed by atoms with van der Waals surface area (Å²) in [6, 6.07) is 3.60. The van der Waals surface area contributed by atoms with Gasteiger partial charge in [-0.2, -0.15) is 5.26 Å². The third kappa shape index (κ3) is 2.41. The molecule has 1 aromatic rings. The average molecular weight is 219 g/mol. The van der Waals surface area contributed by atoms with Crippen LogP contribution < -0.4 is 10.5 Å². The number of nitrogen functional groups attached to an aromatic ring is 1. The number of anilines is 1. The van der Waals surface area contributed by atoms with Gasteiger partial charge in [-0.25, -0.2) is 4.98 Å². The SMILES string of the molecule is N#Cc1cc(N)cnc1OC1CCOCC1. The number of rotatable bonds is 2. The molecule has 0 aliphatic carbocycles. The van der Waals surface area contributed by atoms with Crippen molar-refractivity contribution >= 4 is 5.69 Å². The van der Waals surface area contributed by atoms with Crippen molar-refractivity contribution in [3.05, 3.63) is 17.8 Å². The Hall–Kier alpha value is -1.80. The van der Waals surface area contributed by atoms with Crippen LogP contribution in [-0.4, -0.2) is 24.3 Å². The van der Waals surface area contributed by atoms with Gasteiger partial charge in [0.25, 0.3) is 0 Å². The molecule has 1 aliphatic rings. The number of nitriles is 1. The lowest BCUT2D eigenvalue weighted by Crippen LogP contribution is -2.26. The van der Waals surface area contributed by atoms with E-state index in [-0.39, 0.29) is 6.10 Å². The molecule has 0 unspecified atom stereocenters. The summed E-state index contributed by atoms with van der Waals surface area (Å²) in [5.74, 6) is 0.364. The summed E-state index contributed by atoms with van der Waals surface area (Å²) < 4.78 is 10.9. The van der Waals surface area contributed by atoms with Crippen LogP contribution in [0.1, 0.15) is 18.4 Å². The molecule has 2 heterocycles. The fourth-order valence-electron chi connectivity index (χ4n) is 1.59. The zero-order valence-electron chi connectivity index (χ0n) is 8.85. The fourth-order valence-corrected chi connectivity index (χ4v) is 1.59. The summed E-state index contributed by atoms with van der Waals surface area (Å²) in [7, 11) is 0. The van der Waals surface area contributed by atoms with Crippen LogP contribution in [-0.2, 0) is 4.74 Å². The van der Waals surface area contributed by atoms with Gasteiger partial charge < -0.3 is 15.2 Å². The highest BCUT2D eigenvalue weighted by Gasteiger charge is 2.17. The topological polar surface area (TPSA) is 81.2 Å². The predicted octanol–water partition coefficient (Wildman–Crippen LogP) is 1.09. The van der Waals surface area contributed by atoms with E-state index < -0.39 is 0 Å². The van der Waals surface area contributed by atoms with E-state index in [0.717, 1.165) is 12.8 Å². The number of pyridine rings is 1. The molecule has 0 amide bonds. The van der Waals surface area contributed by atoms with E-state index in [1.807, 2.05) is 6.07 Å². The maximum atomic E-state index is 8.92. The van der Waals surface area contributed by atoms with Gasteiger partial charge in [0.05, 0.1) is 25.1 Å². The quantitative estimate of drug-likeness (QED) is 0.805. The van der Waals surface area contributed by atoms with E-state index in [1.54, 1.807) is 6.07 Å². The summed E-state index contributed by atoms with van der Waals surface area (Å²) in [4.78, 5) is 4.03. The van der Waals surface area contributed by atoms with Gasteiger partial charge in [-0.15, -0.1) is 0 Å². The molecule has 0 spiro atoms. The highest BCUT2D eigenvalue weighted by molar-refractivity contribution is 5.48. The Morgan fingerprint density at radius 3 is 2.94 bits per heavy atom. The molecule has 0 radical (unpaired) electrons. The number of aromatic nitrogens is 1. The highest BCUT2D eigenvalue weighted by atomic mass is 16.5. The van der Waals surface area contributed by atoms with Crippen molar-refractivity contribution in [1.29, 1.82) is 5.26 Å². The molecule has 5 nitrogen and oxygen atoms in total. The lowest BCUT2D eigenvalue weighted by molar-refractivity contribution is 0.0236. The van der Waals surface area contributed by atoms with Gasteiger partial charge in [-0.3, -0.25) is 0 Å². The van der Waals surface area contributed by atoms with Crippen LogP contribution in [0, 0.1) is 11.3 Å². The first-order valence-electron chi connectivity index (χ1n) is 5.19. The van der Waals surface area contributed by atoms with Gasteiger partial charge >= 0.3 is 0 Å².